The van der Waals surface area contributed by atoms with Gasteiger partial charge in [-0.05, 0) is 37.4 Å². The number of piperazine rings is 1. The topological polar surface area (TPSA) is 52.7 Å². The van der Waals surface area contributed by atoms with Gasteiger partial charge < -0.3 is 15.1 Å². The lowest BCUT2D eigenvalue weighted by molar-refractivity contribution is -0.145. The lowest BCUT2D eigenvalue weighted by Gasteiger charge is -2.35. The highest BCUT2D eigenvalue weighted by atomic mass is 16.2. The van der Waals surface area contributed by atoms with E-state index in [4.69, 9.17) is 0 Å². The first-order chi connectivity index (χ1) is 11.6. The van der Waals surface area contributed by atoms with Gasteiger partial charge in [0.15, 0.2) is 0 Å². The Morgan fingerprint density at radius 1 is 1.12 bits per heavy atom. The molecule has 0 spiro atoms. The molecule has 1 aliphatic carbocycles. The number of hydrogen-bond donors (Lipinski definition) is 1. The van der Waals surface area contributed by atoms with E-state index < -0.39 is 5.41 Å². The molecule has 5 heteroatoms. The van der Waals surface area contributed by atoms with Crippen LogP contribution >= 0.6 is 0 Å². The number of amides is 2. The van der Waals surface area contributed by atoms with Crippen molar-refractivity contribution >= 4 is 11.8 Å². The summed E-state index contributed by atoms with van der Waals surface area (Å²) < 4.78 is 0. The van der Waals surface area contributed by atoms with Crippen LogP contribution in [0.4, 0.5) is 0 Å². The van der Waals surface area contributed by atoms with Crippen molar-refractivity contribution in [1.82, 2.24) is 15.1 Å². The second kappa shape index (κ2) is 6.93. The van der Waals surface area contributed by atoms with Crippen molar-refractivity contribution in [3.63, 3.8) is 0 Å². The van der Waals surface area contributed by atoms with Crippen LogP contribution in [0.5, 0.6) is 0 Å². The summed E-state index contributed by atoms with van der Waals surface area (Å²) in [6.45, 7) is 8.96. The Balaban J connectivity index is 1.58. The molecule has 5 nitrogen and oxygen atoms in total. The zero-order valence-corrected chi connectivity index (χ0v) is 14.7. The van der Waals surface area contributed by atoms with Crippen LogP contribution < -0.4 is 5.32 Å². The highest BCUT2D eigenvalue weighted by Crippen LogP contribution is 2.47. The maximum Gasteiger partial charge on any atom is 0.238 e. The summed E-state index contributed by atoms with van der Waals surface area (Å²) >= 11 is 0. The molecule has 3 rings (SSSR count). The lowest BCUT2D eigenvalue weighted by atomic mass is 10.0. The first-order valence-electron chi connectivity index (χ1n) is 8.91. The van der Waals surface area contributed by atoms with E-state index in [1.54, 1.807) is 0 Å². The predicted molar refractivity (Wildman–Crippen MR) is 93.4 cm³/mol. The number of rotatable bonds is 5. The molecule has 1 aromatic carbocycles. The number of benzene rings is 1. The summed E-state index contributed by atoms with van der Waals surface area (Å²) in [7, 11) is 0. The van der Waals surface area contributed by atoms with Crippen LogP contribution in [0.25, 0.3) is 0 Å². The van der Waals surface area contributed by atoms with Gasteiger partial charge in [-0.2, -0.15) is 0 Å². The van der Waals surface area contributed by atoms with E-state index in [0.717, 1.165) is 43.9 Å². The summed E-state index contributed by atoms with van der Waals surface area (Å²) in [5.74, 6) is -0.0748. The minimum Gasteiger partial charge on any atom is -0.351 e. The molecule has 0 unspecified atom stereocenters. The Morgan fingerprint density at radius 3 is 2.38 bits per heavy atom. The van der Waals surface area contributed by atoms with Gasteiger partial charge in [-0.25, -0.2) is 0 Å². The number of aryl methyl sites for hydroxylation is 1. The third kappa shape index (κ3) is 3.31. The van der Waals surface area contributed by atoms with Gasteiger partial charge in [0.2, 0.25) is 11.8 Å². The van der Waals surface area contributed by atoms with Crippen LogP contribution in [-0.2, 0) is 16.1 Å². The van der Waals surface area contributed by atoms with Crippen molar-refractivity contribution in [2.75, 3.05) is 32.7 Å². The molecule has 1 aliphatic heterocycles. The molecule has 0 bridgehead atoms. The van der Waals surface area contributed by atoms with Gasteiger partial charge in [-0.3, -0.25) is 9.59 Å². The molecule has 2 fully saturated rings. The van der Waals surface area contributed by atoms with Crippen LogP contribution in [0, 0.1) is 12.3 Å². The van der Waals surface area contributed by atoms with Crippen molar-refractivity contribution in [3.05, 3.63) is 35.4 Å². The molecule has 0 aromatic heterocycles. The number of likely N-dealkylation sites (N-methyl/N-ethyl adjacent to an activating group) is 1. The second-order valence-corrected chi connectivity index (χ2v) is 6.92. The molecule has 1 saturated carbocycles. The Bertz CT molecular complexity index is 617. The fourth-order valence-electron chi connectivity index (χ4n) is 3.39. The van der Waals surface area contributed by atoms with Crippen LogP contribution in [0.15, 0.2) is 24.3 Å². The smallest absolute Gasteiger partial charge is 0.238 e. The average Bonchev–Trinajstić information content (AvgIpc) is 3.42. The zero-order valence-electron chi connectivity index (χ0n) is 14.7. The van der Waals surface area contributed by atoms with Crippen molar-refractivity contribution in [2.24, 2.45) is 5.41 Å². The maximum absolute atomic E-state index is 12.8. The van der Waals surface area contributed by atoms with Gasteiger partial charge in [-0.15, -0.1) is 0 Å². The van der Waals surface area contributed by atoms with E-state index in [9.17, 15) is 9.59 Å². The molecule has 24 heavy (non-hydrogen) atoms. The number of nitrogens with zero attached hydrogens (tertiary/aromatic N) is 2. The summed E-state index contributed by atoms with van der Waals surface area (Å²) in [6, 6.07) is 8.01. The van der Waals surface area contributed by atoms with E-state index in [-0.39, 0.29) is 11.8 Å². The first kappa shape index (κ1) is 17.0. The second-order valence-electron chi connectivity index (χ2n) is 6.92. The highest BCUT2D eigenvalue weighted by Gasteiger charge is 2.58. The van der Waals surface area contributed by atoms with Crippen LogP contribution in [0.3, 0.4) is 0 Å². The molecule has 2 amide bonds. The first-order valence-corrected chi connectivity index (χ1v) is 8.91. The van der Waals surface area contributed by atoms with E-state index in [1.807, 2.05) is 36.1 Å². The Morgan fingerprint density at radius 2 is 1.79 bits per heavy atom. The summed E-state index contributed by atoms with van der Waals surface area (Å²) in [4.78, 5) is 29.7. The highest BCUT2D eigenvalue weighted by molar-refractivity contribution is 6.07. The van der Waals surface area contributed by atoms with Gasteiger partial charge in [0, 0.05) is 32.7 Å². The Labute approximate surface area is 144 Å². The van der Waals surface area contributed by atoms with Gasteiger partial charge in [0.1, 0.15) is 5.41 Å². The number of nitrogens with one attached hydrogen (secondary N) is 1. The summed E-state index contributed by atoms with van der Waals surface area (Å²) in [5, 5.41) is 2.99. The molecular formula is C19H27N3O2. The van der Waals surface area contributed by atoms with Gasteiger partial charge in [-0.1, -0.05) is 31.2 Å². The quantitative estimate of drug-likeness (QED) is 0.834. The number of carbonyl (C=O) groups excluding carboxylic acids is 2. The SMILES string of the molecule is CCN1CCN(C(=O)C2(C(=O)NCc3ccccc3C)CC2)CC1. The minimum atomic E-state index is -0.795. The molecule has 130 valence electrons. The molecule has 2 aliphatic rings. The van der Waals surface area contributed by atoms with Crippen LogP contribution in [-0.4, -0.2) is 54.3 Å². The van der Waals surface area contributed by atoms with Crippen molar-refractivity contribution in [3.8, 4) is 0 Å². The molecule has 1 aromatic rings. The third-order valence-corrected chi connectivity index (χ3v) is 5.40. The van der Waals surface area contributed by atoms with E-state index in [2.05, 4.69) is 17.1 Å². The minimum absolute atomic E-state index is 0.0283. The van der Waals surface area contributed by atoms with Crippen molar-refractivity contribution in [1.29, 1.82) is 0 Å². The Kier molecular flexibility index (Phi) is 4.90. The lowest BCUT2D eigenvalue weighted by Crippen LogP contribution is -2.53. The van der Waals surface area contributed by atoms with Gasteiger partial charge in [0.05, 0.1) is 0 Å². The fraction of sp³-hybridized carbons (Fsp3) is 0.579. The fourth-order valence-corrected chi connectivity index (χ4v) is 3.39. The maximum atomic E-state index is 12.8. The Hall–Kier alpha value is -1.88. The van der Waals surface area contributed by atoms with Crippen LogP contribution in [0.1, 0.15) is 30.9 Å². The zero-order chi connectivity index (χ0) is 17.2. The number of carbonyl (C=O) groups is 2. The molecule has 0 atom stereocenters. The summed E-state index contributed by atoms with van der Waals surface area (Å²) in [5.41, 5.74) is 1.46. The normalized spacial score (nSPS) is 19.8. The van der Waals surface area contributed by atoms with Crippen molar-refractivity contribution < 1.29 is 9.59 Å². The van der Waals surface area contributed by atoms with E-state index in [0.29, 0.717) is 19.4 Å². The molecule has 0 radical (unpaired) electrons. The standard InChI is InChI=1S/C19H27N3O2/c1-3-21-10-12-22(13-11-21)18(24)19(8-9-19)17(23)20-14-16-7-5-4-6-15(16)2/h4-7H,3,8-14H2,1-2H3,(H,20,23). The van der Waals surface area contributed by atoms with Gasteiger partial charge in [0.25, 0.3) is 0 Å². The molecule has 1 saturated heterocycles. The predicted octanol–water partition coefficient (Wildman–Crippen LogP) is 1.56. The van der Waals surface area contributed by atoms with Gasteiger partial charge >= 0.3 is 0 Å². The molecular weight excluding hydrogens is 302 g/mol. The third-order valence-electron chi connectivity index (χ3n) is 5.40. The largest absolute Gasteiger partial charge is 0.351 e. The van der Waals surface area contributed by atoms with Crippen molar-refractivity contribution in [2.45, 2.75) is 33.2 Å². The van der Waals surface area contributed by atoms with Crippen LogP contribution in [0.2, 0.25) is 0 Å². The molecule has 1 N–H and O–H groups in total. The number of hydrogen-bond acceptors (Lipinski definition) is 3. The summed E-state index contributed by atoms with van der Waals surface area (Å²) in [6.07, 6.45) is 1.36. The van der Waals surface area contributed by atoms with E-state index in [1.165, 1.54) is 0 Å². The van der Waals surface area contributed by atoms with E-state index >= 15 is 0 Å². The average molecular weight is 329 g/mol. The molecule has 1 heterocycles. The monoisotopic (exact) mass is 329 g/mol.